The number of nitrogens with zero attached hydrogens (tertiary/aromatic N) is 1. The highest BCUT2D eigenvalue weighted by atomic mass is 16.5. The van der Waals surface area contributed by atoms with E-state index in [9.17, 15) is 15.0 Å². The summed E-state index contributed by atoms with van der Waals surface area (Å²) in [7, 11) is 1.48. The SMILES string of the molecule is COC(=O)C1CC23C4=C(CCC41)CCC1CN4CC(C)C(C=CC12CO)C43O. The fourth-order valence-corrected chi connectivity index (χ4v) is 8.91. The molecular weight excluding hydrogens is 354 g/mol. The van der Waals surface area contributed by atoms with Crippen LogP contribution in [0, 0.1) is 40.4 Å². The van der Waals surface area contributed by atoms with Crippen LogP contribution in [0.5, 0.6) is 0 Å². The van der Waals surface area contributed by atoms with Crippen LogP contribution in [0.25, 0.3) is 0 Å². The van der Waals surface area contributed by atoms with Gasteiger partial charge >= 0.3 is 5.97 Å². The largest absolute Gasteiger partial charge is 0.469 e. The van der Waals surface area contributed by atoms with Crippen molar-refractivity contribution in [3.8, 4) is 0 Å². The highest BCUT2D eigenvalue weighted by molar-refractivity contribution is 5.75. The minimum absolute atomic E-state index is 0.0445. The Hall–Kier alpha value is -1.17. The van der Waals surface area contributed by atoms with Crippen molar-refractivity contribution in [1.82, 2.24) is 4.90 Å². The van der Waals surface area contributed by atoms with E-state index in [1.807, 2.05) is 0 Å². The fraction of sp³-hybridized carbons (Fsp3) is 0.783. The number of allylic oxidation sites excluding steroid dienone is 1. The number of esters is 1. The van der Waals surface area contributed by atoms with Crippen molar-refractivity contribution in [2.75, 3.05) is 26.8 Å². The molecule has 2 saturated heterocycles. The van der Waals surface area contributed by atoms with Crippen LogP contribution in [0.3, 0.4) is 0 Å². The van der Waals surface area contributed by atoms with Crippen LogP contribution < -0.4 is 0 Å². The average molecular weight is 386 g/mol. The van der Waals surface area contributed by atoms with Crippen molar-refractivity contribution in [2.45, 2.75) is 44.8 Å². The van der Waals surface area contributed by atoms with Crippen LogP contribution in [-0.2, 0) is 9.53 Å². The fourth-order valence-electron chi connectivity index (χ4n) is 8.91. The van der Waals surface area contributed by atoms with Crippen LogP contribution in [0.2, 0.25) is 0 Å². The number of methoxy groups -OCH3 is 1. The van der Waals surface area contributed by atoms with Crippen molar-refractivity contribution in [3.05, 3.63) is 23.3 Å². The number of piperidine rings is 1. The maximum atomic E-state index is 12.8. The Morgan fingerprint density at radius 2 is 2.11 bits per heavy atom. The van der Waals surface area contributed by atoms with Gasteiger partial charge in [-0.25, -0.2) is 0 Å². The van der Waals surface area contributed by atoms with Gasteiger partial charge < -0.3 is 14.9 Å². The average Bonchev–Trinajstić information content (AvgIpc) is 3.31. The Balaban J connectivity index is 1.68. The predicted octanol–water partition coefficient (Wildman–Crippen LogP) is 2.10. The van der Waals surface area contributed by atoms with Gasteiger partial charge in [0.15, 0.2) is 0 Å². The molecule has 8 unspecified atom stereocenters. The van der Waals surface area contributed by atoms with E-state index in [1.165, 1.54) is 18.3 Å². The van der Waals surface area contributed by atoms with Gasteiger partial charge in [-0.2, -0.15) is 0 Å². The number of aliphatic hydroxyl groups is 2. The van der Waals surface area contributed by atoms with Gasteiger partial charge in [-0.1, -0.05) is 30.2 Å². The molecule has 0 aromatic rings. The van der Waals surface area contributed by atoms with E-state index in [1.54, 1.807) is 0 Å². The first-order valence-electron chi connectivity index (χ1n) is 11.0. The predicted molar refractivity (Wildman–Crippen MR) is 103 cm³/mol. The molecule has 0 amide bonds. The van der Waals surface area contributed by atoms with Crippen molar-refractivity contribution in [3.63, 3.8) is 0 Å². The highest BCUT2D eigenvalue weighted by Gasteiger charge is 2.80. The number of carbonyl (C=O) groups is 1. The number of ether oxygens (including phenoxy) is 1. The first kappa shape index (κ1) is 17.7. The zero-order chi connectivity index (χ0) is 19.5. The van der Waals surface area contributed by atoms with Gasteiger partial charge in [0.2, 0.25) is 0 Å². The Labute approximate surface area is 166 Å². The Kier molecular flexibility index (Phi) is 3.34. The summed E-state index contributed by atoms with van der Waals surface area (Å²) in [5.41, 5.74) is 0.779. The molecule has 5 heteroatoms. The van der Waals surface area contributed by atoms with E-state index in [0.29, 0.717) is 18.3 Å². The van der Waals surface area contributed by atoms with Crippen molar-refractivity contribution in [1.29, 1.82) is 0 Å². The van der Waals surface area contributed by atoms with E-state index in [4.69, 9.17) is 4.74 Å². The second kappa shape index (κ2) is 5.30. The maximum absolute atomic E-state index is 12.8. The lowest BCUT2D eigenvalue weighted by atomic mass is 9.44. The maximum Gasteiger partial charge on any atom is 0.309 e. The molecule has 0 aromatic carbocycles. The summed E-state index contributed by atoms with van der Waals surface area (Å²) in [5.74, 6) is 0.556. The molecule has 0 aromatic heterocycles. The van der Waals surface area contributed by atoms with E-state index >= 15 is 0 Å². The standard InChI is InChI=1S/C23H31NO4/c1-13-10-24-11-15-5-3-14-4-6-16-17(20(26)28-2)9-22(19(14)16)21(15,12-25)8-7-18(13)23(22,24)27/h7-8,13,15-18,25,27H,3-6,9-12H2,1-2H3. The topological polar surface area (TPSA) is 70.0 Å². The summed E-state index contributed by atoms with van der Waals surface area (Å²) in [6, 6.07) is 0. The Morgan fingerprint density at radius 3 is 2.86 bits per heavy atom. The number of rotatable bonds is 2. The van der Waals surface area contributed by atoms with E-state index in [-0.39, 0.29) is 30.3 Å². The lowest BCUT2D eigenvalue weighted by Gasteiger charge is -2.67. The van der Waals surface area contributed by atoms with Gasteiger partial charge in [0.25, 0.3) is 0 Å². The monoisotopic (exact) mass is 385 g/mol. The molecule has 5 nitrogen and oxygen atoms in total. The van der Waals surface area contributed by atoms with E-state index in [2.05, 4.69) is 24.0 Å². The molecule has 2 N–H and O–H groups in total. The molecule has 4 aliphatic carbocycles. The molecule has 1 saturated carbocycles. The zero-order valence-electron chi connectivity index (χ0n) is 16.9. The molecule has 2 heterocycles. The molecule has 28 heavy (non-hydrogen) atoms. The molecule has 6 aliphatic rings. The molecule has 4 bridgehead atoms. The van der Waals surface area contributed by atoms with Gasteiger partial charge in [0, 0.05) is 29.8 Å². The van der Waals surface area contributed by atoms with Gasteiger partial charge in [0.05, 0.1) is 19.6 Å². The van der Waals surface area contributed by atoms with Gasteiger partial charge in [0.1, 0.15) is 5.72 Å². The molecule has 8 atom stereocenters. The van der Waals surface area contributed by atoms with Crippen LogP contribution in [0.4, 0.5) is 0 Å². The summed E-state index contributed by atoms with van der Waals surface area (Å²) < 4.78 is 5.23. The number of hydrogen-bond acceptors (Lipinski definition) is 5. The summed E-state index contributed by atoms with van der Waals surface area (Å²) in [4.78, 5) is 15.2. The molecule has 3 fully saturated rings. The molecule has 152 valence electrons. The molecule has 0 radical (unpaired) electrons. The number of carbonyl (C=O) groups excluding carboxylic acids is 1. The summed E-state index contributed by atoms with van der Waals surface area (Å²) in [5, 5.41) is 23.5. The highest BCUT2D eigenvalue weighted by Crippen LogP contribution is 2.78. The second-order valence-electron chi connectivity index (χ2n) is 10.3. The summed E-state index contributed by atoms with van der Waals surface area (Å²) in [6.07, 6.45) is 9.22. The van der Waals surface area contributed by atoms with Crippen molar-refractivity contribution < 1.29 is 19.7 Å². The van der Waals surface area contributed by atoms with E-state index in [0.717, 1.165) is 38.8 Å². The van der Waals surface area contributed by atoms with Crippen LogP contribution in [0.15, 0.2) is 23.3 Å². The first-order valence-corrected chi connectivity index (χ1v) is 11.0. The Bertz CT molecular complexity index is 819. The van der Waals surface area contributed by atoms with Gasteiger partial charge in [-0.05, 0) is 49.9 Å². The Morgan fingerprint density at radius 1 is 1.32 bits per heavy atom. The third-order valence-corrected chi connectivity index (χ3v) is 9.80. The quantitative estimate of drug-likeness (QED) is 0.563. The zero-order valence-corrected chi connectivity index (χ0v) is 16.9. The van der Waals surface area contributed by atoms with Crippen LogP contribution >= 0.6 is 0 Å². The van der Waals surface area contributed by atoms with Crippen LogP contribution in [0.1, 0.15) is 39.0 Å². The smallest absolute Gasteiger partial charge is 0.309 e. The van der Waals surface area contributed by atoms with Gasteiger partial charge in [-0.3, -0.25) is 9.69 Å². The van der Waals surface area contributed by atoms with E-state index < -0.39 is 16.6 Å². The lowest BCUT2D eigenvalue weighted by molar-refractivity contribution is -0.270. The third-order valence-electron chi connectivity index (χ3n) is 9.80. The molecule has 6 rings (SSSR count). The van der Waals surface area contributed by atoms with Crippen LogP contribution in [-0.4, -0.2) is 53.6 Å². The number of hydrogen-bond donors (Lipinski definition) is 2. The normalized spacial score (nSPS) is 53.4. The lowest BCUT2D eigenvalue weighted by Crippen LogP contribution is -2.74. The molecule has 1 spiro atoms. The third kappa shape index (κ3) is 1.57. The van der Waals surface area contributed by atoms with Crippen molar-refractivity contribution in [2.24, 2.45) is 40.4 Å². The first-order chi connectivity index (χ1) is 13.4. The minimum Gasteiger partial charge on any atom is -0.469 e. The summed E-state index contributed by atoms with van der Waals surface area (Å²) >= 11 is 0. The second-order valence-corrected chi connectivity index (χ2v) is 10.3. The van der Waals surface area contributed by atoms with Gasteiger partial charge in [-0.15, -0.1) is 0 Å². The minimum atomic E-state index is -1.00. The van der Waals surface area contributed by atoms with Crippen molar-refractivity contribution >= 4 is 5.97 Å². The molecular formula is C23H31NO4. The molecule has 2 aliphatic heterocycles. The summed E-state index contributed by atoms with van der Waals surface area (Å²) in [6.45, 7) is 4.02. The number of aliphatic hydroxyl groups excluding tert-OH is 1.